The number of amides is 2. The first kappa shape index (κ1) is 22.5. The van der Waals surface area contributed by atoms with Gasteiger partial charge in [0.2, 0.25) is 11.8 Å². The van der Waals surface area contributed by atoms with Crippen molar-refractivity contribution in [2.24, 2.45) is 5.41 Å². The zero-order valence-electron chi connectivity index (χ0n) is 14.3. The van der Waals surface area contributed by atoms with Crippen molar-refractivity contribution in [2.45, 2.75) is 39.2 Å². The van der Waals surface area contributed by atoms with Gasteiger partial charge in [0.1, 0.15) is 6.10 Å². The van der Waals surface area contributed by atoms with Crippen LogP contribution in [0.25, 0.3) is 0 Å². The summed E-state index contributed by atoms with van der Waals surface area (Å²) in [6, 6.07) is 0. The van der Waals surface area contributed by atoms with Gasteiger partial charge >= 0.3 is 5.97 Å². The summed E-state index contributed by atoms with van der Waals surface area (Å²) in [5.74, 6) is -0.675. The van der Waals surface area contributed by atoms with Crippen LogP contribution in [-0.2, 0) is 19.1 Å². The van der Waals surface area contributed by atoms with E-state index in [-0.39, 0.29) is 31.9 Å². The molecule has 0 fully saturated rings. The van der Waals surface area contributed by atoms with Gasteiger partial charge in [-0.3, -0.25) is 14.4 Å². The summed E-state index contributed by atoms with van der Waals surface area (Å²) in [4.78, 5) is 34.8. The molecule has 0 unspecified atom stereocenters. The maximum absolute atomic E-state index is 11.9. The molecule has 0 aromatic carbocycles. The van der Waals surface area contributed by atoms with Crippen molar-refractivity contribution in [3.63, 3.8) is 0 Å². The Morgan fingerprint density at radius 3 is 2.50 bits per heavy atom. The molecule has 0 bridgehead atoms. The van der Waals surface area contributed by atoms with E-state index in [1.54, 1.807) is 19.9 Å². The third-order valence-corrected chi connectivity index (χ3v) is 3.46. The number of allylic oxidation sites excluding steroid dienone is 1. The first-order chi connectivity index (χ1) is 11.2. The Kier molecular flexibility index (Phi) is 11.1. The summed E-state index contributed by atoms with van der Waals surface area (Å²) >= 11 is 3.97. The zero-order valence-corrected chi connectivity index (χ0v) is 15.2. The van der Waals surface area contributed by atoms with Gasteiger partial charge in [0.25, 0.3) is 0 Å². The minimum absolute atomic E-state index is 0.0833. The minimum Gasteiger partial charge on any atom is -0.465 e. The SMILES string of the molecule is C=CCCC(=O)OCC(C)(C)[C@@H](O)C(=O)NCCC(=O)NCCS. The fourth-order valence-corrected chi connectivity index (χ4v) is 1.78. The Morgan fingerprint density at radius 2 is 1.92 bits per heavy atom. The van der Waals surface area contributed by atoms with E-state index in [9.17, 15) is 19.5 Å². The molecule has 24 heavy (non-hydrogen) atoms. The molecule has 0 radical (unpaired) electrons. The van der Waals surface area contributed by atoms with Crippen LogP contribution in [0.4, 0.5) is 0 Å². The van der Waals surface area contributed by atoms with Crippen molar-refractivity contribution in [3.8, 4) is 0 Å². The molecule has 138 valence electrons. The summed E-state index contributed by atoms with van der Waals surface area (Å²) in [6.07, 6.45) is 1.09. The van der Waals surface area contributed by atoms with E-state index >= 15 is 0 Å². The number of ether oxygens (including phenoxy) is 1. The number of esters is 1. The quantitative estimate of drug-likeness (QED) is 0.230. The lowest BCUT2D eigenvalue weighted by molar-refractivity contribution is -0.153. The van der Waals surface area contributed by atoms with Crippen LogP contribution in [0, 0.1) is 5.41 Å². The maximum Gasteiger partial charge on any atom is 0.306 e. The molecular formula is C16H28N2O5S. The van der Waals surface area contributed by atoms with Crippen LogP contribution in [-0.4, -0.2) is 54.4 Å². The van der Waals surface area contributed by atoms with Crippen molar-refractivity contribution in [1.29, 1.82) is 0 Å². The van der Waals surface area contributed by atoms with Crippen LogP contribution >= 0.6 is 12.6 Å². The highest BCUT2D eigenvalue weighted by Gasteiger charge is 2.34. The Bertz CT molecular complexity index is 440. The lowest BCUT2D eigenvalue weighted by Gasteiger charge is -2.29. The van der Waals surface area contributed by atoms with Crippen LogP contribution in [0.3, 0.4) is 0 Å². The van der Waals surface area contributed by atoms with Crippen LogP contribution < -0.4 is 10.6 Å². The summed E-state index contributed by atoms with van der Waals surface area (Å²) in [5.41, 5.74) is -0.942. The van der Waals surface area contributed by atoms with Gasteiger partial charge in [-0.05, 0) is 6.42 Å². The molecule has 0 heterocycles. The number of hydrogen-bond acceptors (Lipinski definition) is 6. The third kappa shape index (κ3) is 9.57. The Balaban J connectivity index is 4.21. The van der Waals surface area contributed by atoms with Crippen molar-refractivity contribution in [3.05, 3.63) is 12.7 Å². The predicted octanol–water partition coefficient (Wildman–Crippen LogP) is 0.435. The fourth-order valence-electron chi connectivity index (χ4n) is 1.67. The molecule has 0 aromatic rings. The third-order valence-electron chi connectivity index (χ3n) is 3.23. The minimum atomic E-state index is -1.36. The molecule has 0 aliphatic heterocycles. The fraction of sp³-hybridized carbons (Fsp3) is 0.688. The molecule has 0 saturated heterocycles. The van der Waals surface area contributed by atoms with Crippen LogP contribution in [0.15, 0.2) is 12.7 Å². The van der Waals surface area contributed by atoms with E-state index in [1.165, 1.54) is 0 Å². The molecule has 0 aliphatic carbocycles. The molecule has 0 aliphatic rings. The maximum atomic E-state index is 11.9. The van der Waals surface area contributed by atoms with Crippen LogP contribution in [0.5, 0.6) is 0 Å². The van der Waals surface area contributed by atoms with Gasteiger partial charge in [-0.2, -0.15) is 12.6 Å². The predicted molar refractivity (Wildman–Crippen MR) is 94.7 cm³/mol. The second-order valence-electron chi connectivity index (χ2n) is 5.99. The van der Waals surface area contributed by atoms with E-state index in [1.807, 2.05) is 0 Å². The number of rotatable bonds is 12. The second-order valence-corrected chi connectivity index (χ2v) is 6.44. The van der Waals surface area contributed by atoms with E-state index < -0.39 is 23.4 Å². The van der Waals surface area contributed by atoms with Gasteiger partial charge in [0.15, 0.2) is 0 Å². The number of nitrogens with one attached hydrogen (secondary N) is 2. The zero-order chi connectivity index (χ0) is 18.6. The van der Waals surface area contributed by atoms with Gasteiger partial charge in [0.05, 0.1) is 6.61 Å². The smallest absolute Gasteiger partial charge is 0.306 e. The number of aliphatic hydroxyl groups is 1. The van der Waals surface area contributed by atoms with Gasteiger partial charge in [-0.15, -0.1) is 6.58 Å². The Labute approximate surface area is 148 Å². The molecular weight excluding hydrogens is 332 g/mol. The van der Waals surface area contributed by atoms with Gasteiger partial charge in [0, 0.05) is 37.1 Å². The molecule has 7 nitrogen and oxygen atoms in total. The van der Waals surface area contributed by atoms with Crippen LogP contribution in [0.2, 0.25) is 0 Å². The van der Waals surface area contributed by atoms with Crippen molar-refractivity contribution in [2.75, 3.05) is 25.4 Å². The molecule has 0 rings (SSSR count). The van der Waals surface area contributed by atoms with E-state index in [2.05, 4.69) is 29.8 Å². The normalized spacial score (nSPS) is 12.2. The number of thiol groups is 1. The summed E-state index contributed by atoms with van der Waals surface area (Å²) in [6.45, 7) is 7.25. The molecule has 0 aromatic heterocycles. The van der Waals surface area contributed by atoms with Crippen LogP contribution in [0.1, 0.15) is 33.1 Å². The largest absolute Gasteiger partial charge is 0.465 e. The highest BCUT2D eigenvalue weighted by molar-refractivity contribution is 7.80. The lowest BCUT2D eigenvalue weighted by atomic mass is 9.87. The summed E-state index contributed by atoms with van der Waals surface area (Å²) in [7, 11) is 0. The molecule has 0 spiro atoms. The van der Waals surface area contributed by atoms with E-state index in [4.69, 9.17) is 4.74 Å². The first-order valence-corrected chi connectivity index (χ1v) is 8.47. The lowest BCUT2D eigenvalue weighted by Crippen LogP contribution is -2.47. The molecule has 2 amide bonds. The Hall–Kier alpha value is -1.54. The number of hydrogen-bond donors (Lipinski definition) is 4. The highest BCUT2D eigenvalue weighted by Crippen LogP contribution is 2.21. The van der Waals surface area contributed by atoms with E-state index in [0.717, 1.165) is 0 Å². The average molecular weight is 360 g/mol. The van der Waals surface area contributed by atoms with Crippen molar-refractivity contribution in [1.82, 2.24) is 10.6 Å². The first-order valence-electron chi connectivity index (χ1n) is 7.84. The molecule has 8 heteroatoms. The topological polar surface area (TPSA) is 105 Å². The number of carbonyl (C=O) groups is 3. The van der Waals surface area contributed by atoms with Crippen molar-refractivity contribution >= 4 is 30.4 Å². The van der Waals surface area contributed by atoms with Gasteiger partial charge in [-0.1, -0.05) is 19.9 Å². The van der Waals surface area contributed by atoms with E-state index in [0.29, 0.717) is 18.7 Å². The van der Waals surface area contributed by atoms with Gasteiger partial charge < -0.3 is 20.5 Å². The van der Waals surface area contributed by atoms with Crippen molar-refractivity contribution < 1.29 is 24.2 Å². The highest BCUT2D eigenvalue weighted by atomic mass is 32.1. The van der Waals surface area contributed by atoms with Gasteiger partial charge in [-0.25, -0.2) is 0 Å². The number of aliphatic hydroxyl groups excluding tert-OH is 1. The summed E-state index contributed by atoms with van der Waals surface area (Å²) < 4.78 is 5.07. The monoisotopic (exact) mass is 360 g/mol. The molecule has 1 atom stereocenters. The second kappa shape index (κ2) is 11.9. The number of carbonyl (C=O) groups excluding carboxylic acids is 3. The summed E-state index contributed by atoms with van der Waals surface area (Å²) in [5, 5.41) is 15.2. The Morgan fingerprint density at radius 1 is 1.25 bits per heavy atom. The standard InChI is InChI=1S/C16H28N2O5S/c1-4-5-6-13(20)23-11-16(2,3)14(21)15(22)18-8-7-12(19)17-9-10-24/h4,14,21,24H,1,5-11H2,2-3H3,(H,17,19)(H,18,22)/t14-/m0/s1. The molecule has 0 saturated carbocycles. The average Bonchev–Trinajstić information content (AvgIpc) is 2.55. The molecule has 3 N–H and O–H groups in total.